The standard InChI is InChI=1S/C16H14N2O2/c1-19-11-5-4-6-12(9-11)20-16-13-7-2-3-8-15(13)18-10-14(16)17/h2-10H,17H2,1H3. The fourth-order valence-corrected chi connectivity index (χ4v) is 2.03. The number of fused-ring (bicyclic) bond motifs is 1. The lowest BCUT2D eigenvalue weighted by atomic mass is 10.2. The van der Waals surface area contributed by atoms with Crippen LogP contribution in [0.25, 0.3) is 10.9 Å². The molecule has 100 valence electrons. The number of aromatic nitrogens is 1. The van der Waals surface area contributed by atoms with Crippen LogP contribution < -0.4 is 15.2 Å². The number of hydrogen-bond donors (Lipinski definition) is 1. The molecule has 4 nitrogen and oxygen atoms in total. The SMILES string of the molecule is COc1cccc(Oc2c(N)cnc3ccccc23)c1. The Bertz CT molecular complexity index is 756. The molecule has 3 aromatic rings. The van der Waals surface area contributed by atoms with Gasteiger partial charge in [0.2, 0.25) is 0 Å². The van der Waals surface area contributed by atoms with Gasteiger partial charge in [0.05, 0.1) is 24.5 Å². The molecule has 1 aromatic heterocycles. The molecule has 2 N–H and O–H groups in total. The molecule has 3 rings (SSSR count). The number of nitrogen functional groups attached to an aromatic ring is 1. The molecule has 0 atom stereocenters. The van der Waals surface area contributed by atoms with Gasteiger partial charge in [-0.2, -0.15) is 0 Å². The van der Waals surface area contributed by atoms with E-state index >= 15 is 0 Å². The first kappa shape index (κ1) is 12.3. The second-order valence-corrected chi connectivity index (χ2v) is 4.34. The predicted molar refractivity (Wildman–Crippen MR) is 79.2 cm³/mol. The van der Waals surface area contributed by atoms with Crippen LogP contribution in [0.2, 0.25) is 0 Å². The van der Waals surface area contributed by atoms with E-state index in [2.05, 4.69) is 4.98 Å². The summed E-state index contributed by atoms with van der Waals surface area (Å²) in [6, 6.07) is 15.1. The third-order valence-corrected chi connectivity index (χ3v) is 3.01. The Balaban J connectivity index is 2.07. The van der Waals surface area contributed by atoms with Gasteiger partial charge in [-0.25, -0.2) is 0 Å². The maximum absolute atomic E-state index is 5.99. The molecule has 0 saturated heterocycles. The van der Waals surface area contributed by atoms with E-state index in [-0.39, 0.29) is 0 Å². The van der Waals surface area contributed by atoms with Crippen molar-refractivity contribution in [3.8, 4) is 17.2 Å². The summed E-state index contributed by atoms with van der Waals surface area (Å²) < 4.78 is 11.1. The summed E-state index contributed by atoms with van der Waals surface area (Å²) >= 11 is 0. The smallest absolute Gasteiger partial charge is 0.161 e. The number of benzene rings is 2. The van der Waals surface area contributed by atoms with Gasteiger partial charge in [0.15, 0.2) is 5.75 Å². The summed E-state index contributed by atoms with van der Waals surface area (Å²) in [6.07, 6.45) is 1.61. The number of methoxy groups -OCH3 is 1. The van der Waals surface area contributed by atoms with E-state index in [1.165, 1.54) is 0 Å². The zero-order valence-electron chi connectivity index (χ0n) is 11.0. The van der Waals surface area contributed by atoms with Crippen molar-refractivity contribution in [2.24, 2.45) is 0 Å². The Morgan fingerprint density at radius 1 is 1.00 bits per heavy atom. The van der Waals surface area contributed by atoms with Crippen LogP contribution in [0.4, 0.5) is 5.69 Å². The highest BCUT2D eigenvalue weighted by Crippen LogP contribution is 2.34. The number of nitrogens with zero attached hydrogens (tertiary/aromatic N) is 1. The van der Waals surface area contributed by atoms with Gasteiger partial charge in [0, 0.05) is 11.5 Å². The van der Waals surface area contributed by atoms with Crippen LogP contribution in [0.1, 0.15) is 0 Å². The minimum absolute atomic E-state index is 0.506. The van der Waals surface area contributed by atoms with E-state index in [4.69, 9.17) is 15.2 Å². The molecule has 0 aliphatic carbocycles. The third kappa shape index (κ3) is 2.23. The van der Waals surface area contributed by atoms with Gasteiger partial charge in [-0.3, -0.25) is 4.98 Å². The van der Waals surface area contributed by atoms with Gasteiger partial charge in [-0.15, -0.1) is 0 Å². The fraction of sp³-hybridized carbons (Fsp3) is 0.0625. The van der Waals surface area contributed by atoms with Gasteiger partial charge in [-0.05, 0) is 24.3 Å². The van der Waals surface area contributed by atoms with Crippen molar-refractivity contribution in [2.45, 2.75) is 0 Å². The summed E-state index contributed by atoms with van der Waals surface area (Å²) in [5, 5.41) is 0.885. The Hall–Kier alpha value is -2.75. The molecule has 0 spiro atoms. The number of para-hydroxylation sites is 1. The van der Waals surface area contributed by atoms with Crippen molar-refractivity contribution in [3.63, 3.8) is 0 Å². The van der Waals surface area contributed by atoms with Crippen LogP contribution in [0.5, 0.6) is 17.2 Å². The fourth-order valence-electron chi connectivity index (χ4n) is 2.03. The molecule has 0 saturated carbocycles. The Morgan fingerprint density at radius 3 is 2.65 bits per heavy atom. The molecule has 0 radical (unpaired) electrons. The summed E-state index contributed by atoms with van der Waals surface area (Å²) in [4.78, 5) is 4.29. The second kappa shape index (κ2) is 5.09. The summed E-state index contributed by atoms with van der Waals surface area (Å²) in [5.41, 5.74) is 7.34. The van der Waals surface area contributed by atoms with E-state index in [9.17, 15) is 0 Å². The second-order valence-electron chi connectivity index (χ2n) is 4.34. The maximum atomic E-state index is 5.99. The first-order valence-corrected chi connectivity index (χ1v) is 6.23. The van der Waals surface area contributed by atoms with E-state index in [0.717, 1.165) is 16.7 Å². The van der Waals surface area contributed by atoms with Crippen LogP contribution in [-0.4, -0.2) is 12.1 Å². The monoisotopic (exact) mass is 266 g/mol. The lowest BCUT2D eigenvalue weighted by molar-refractivity contribution is 0.409. The van der Waals surface area contributed by atoms with Crippen molar-refractivity contribution in [2.75, 3.05) is 12.8 Å². The molecular formula is C16H14N2O2. The van der Waals surface area contributed by atoms with E-state index in [1.807, 2.05) is 48.5 Å². The Morgan fingerprint density at radius 2 is 1.80 bits per heavy atom. The predicted octanol–water partition coefficient (Wildman–Crippen LogP) is 3.62. The largest absolute Gasteiger partial charge is 0.497 e. The number of hydrogen-bond acceptors (Lipinski definition) is 4. The maximum Gasteiger partial charge on any atom is 0.161 e. The molecule has 4 heteroatoms. The van der Waals surface area contributed by atoms with Gasteiger partial charge < -0.3 is 15.2 Å². The molecule has 2 aromatic carbocycles. The highest BCUT2D eigenvalue weighted by atomic mass is 16.5. The van der Waals surface area contributed by atoms with Gasteiger partial charge in [0.1, 0.15) is 11.5 Å². The van der Waals surface area contributed by atoms with E-state index in [0.29, 0.717) is 17.2 Å². The molecule has 0 amide bonds. The lowest BCUT2D eigenvalue weighted by Crippen LogP contribution is -1.95. The van der Waals surface area contributed by atoms with Crippen LogP contribution in [0.3, 0.4) is 0 Å². The van der Waals surface area contributed by atoms with Crippen molar-refractivity contribution < 1.29 is 9.47 Å². The number of rotatable bonds is 3. The quantitative estimate of drug-likeness (QED) is 0.786. The number of pyridine rings is 1. The van der Waals surface area contributed by atoms with Crippen LogP contribution in [-0.2, 0) is 0 Å². The van der Waals surface area contributed by atoms with E-state index in [1.54, 1.807) is 13.3 Å². The van der Waals surface area contributed by atoms with Crippen LogP contribution >= 0.6 is 0 Å². The molecule has 0 bridgehead atoms. The average Bonchev–Trinajstić information content (AvgIpc) is 2.50. The van der Waals surface area contributed by atoms with Gasteiger partial charge in [-0.1, -0.05) is 18.2 Å². The summed E-state index contributed by atoms with van der Waals surface area (Å²) in [5.74, 6) is 2.02. The van der Waals surface area contributed by atoms with Gasteiger partial charge >= 0.3 is 0 Å². The summed E-state index contributed by atoms with van der Waals surface area (Å²) in [6.45, 7) is 0. The van der Waals surface area contributed by atoms with E-state index < -0.39 is 0 Å². The molecular weight excluding hydrogens is 252 g/mol. The van der Waals surface area contributed by atoms with Crippen molar-refractivity contribution in [1.29, 1.82) is 0 Å². The molecule has 1 heterocycles. The van der Waals surface area contributed by atoms with Crippen molar-refractivity contribution in [1.82, 2.24) is 4.98 Å². The molecule has 0 fully saturated rings. The topological polar surface area (TPSA) is 57.4 Å². The molecule has 0 aliphatic rings. The van der Waals surface area contributed by atoms with Crippen LogP contribution in [0.15, 0.2) is 54.7 Å². The lowest BCUT2D eigenvalue weighted by Gasteiger charge is -2.11. The molecule has 0 aliphatic heterocycles. The van der Waals surface area contributed by atoms with Crippen molar-refractivity contribution in [3.05, 3.63) is 54.7 Å². The molecule has 0 unspecified atom stereocenters. The third-order valence-electron chi connectivity index (χ3n) is 3.01. The zero-order valence-corrected chi connectivity index (χ0v) is 11.0. The average molecular weight is 266 g/mol. The Kier molecular flexibility index (Phi) is 3.13. The first-order chi connectivity index (χ1) is 9.78. The minimum atomic E-state index is 0.506. The number of anilines is 1. The van der Waals surface area contributed by atoms with Crippen molar-refractivity contribution >= 4 is 16.6 Å². The van der Waals surface area contributed by atoms with Gasteiger partial charge in [0.25, 0.3) is 0 Å². The van der Waals surface area contributed by atoms with Crippen LogP contribution in [0, 0.1) is 0 Å². The Labute approximate surface area is 116 Å². The normalized spacial score (nSPS) is 10.4. The number of ether oxygens (including phenoxy) is 2. The highest BCUT2D eigenvalue weighted by Gasteiger charge is 2.09. The highest BCUT2D eigenvalue weighted by molar-refractivity contribution is 5.89. The zero-order chi connectivity index (χ0) is 13.9. The number of nitrogens with two attached hydrogens (primary N) is 1. The minimum Gasteiger partial charge on any atom is -0.497 e. The summed E-state index contributed by atoms with van der Waals surface area (Å²) in [7, 11) is 1.62. The molecule has 20 heavy (non-hydrogen) atoms. The first-order valence-electron chi connectivity index (χ1n) is 6.23.